The van der Waals surface area contributed by atoms with Gasteiger partial charge in [-0.1, -0.05) is 0 Å². The smallest absolute Gasteiger partial charge is 0.304 e. The Morgan fingerprint density at radius 1 is 1.50 bits per heavy atom. The molecule has 0 aromatic heterocycles. The molecule has 0 amide bonds. The van der Waals surface area contributed by atoms with Crippen LogP contribution in [0.4, 0.5) is 4.39 Å². The third-order valence-corrected chi connectivity index (χ3v) is 4.46. The Bertz CT molecular complexity index is 324. The summed E-state index contributed by atoms with van der Waals surface area (Å²) in [4.78, 5) is 10.5. The van der Waals surface area contributed by atoms with Crippen LogP contribution in [0, 0.1) is 5.41 Å². The maximum atomic E-state index is 12.7. The zero-order valence-corrected chi connectivity index (χ0v) is 8.52. The molecule has 0 spiro atoms. The highest BCUT2D eigenvalue weighted by Crippen LogP contribution is 2.35. The van der Waals surface area contributed by atoms with E-state index in [1.54, 1.807) is 0 Å². The highest BCUT2D eigenvalue weighted by atomic mass is 32.2. The molecule has 1 N–H and O–H groups in total. The lowest BCUT2D eigenvalue weighted by Crippen LogP contribution is -2.39. The lowest BCUT2D eigenvalue weighted by molar-refractivity contribution is -0.139. The fourth-order valence-corrected chi connectivity index (χ4v) is 3.88. The topological polar surface area (TPSA) is 71.4 Å². The van der Waals surface area contributed by atoms with Gasteiger partial charge in [0.05, 0.1) is 24.6 Å². The first-order chi connectivity index (χ1) is 6.39. The molecule has 14 heavy (non-hydrogen) atoms. The quantitative estimate of drug-likeness (QED) is 0.763. The molecule has 1 saturated heterocycles. The van der Waals surface area contributed by atoms with E-state index in [9.17, 15) is 17.6 Å². The number of carboxylic acid groups (broad SMARTS) is 1. The average Bonchev–Trinajstić information content (AvgIpc) is 2.01. The summed E-state index contributed by atoms with van der Waals surface area (Å²) in [5.41, 5.74) is -1.18. The first-order valence-corrected chi connectivity index (χ1v) is 6.19. The second-order valence-corrected chi connectivity index (χ2v) is 6.08. The Balaban J connectivity index is 2.83. The van der Waals surface area contributed by atoms with Crippen LogP contribution in [0.5, 0.6) is 0 Å². The Morgan fingerprint density at radius 2 is 2.14 bits per heavy atom. The Kier molecular flexibility index (Phi) is 3.14. The largest absolute Gasteiger partial charge is 0.481 e. The van der Waals surface area contributed by atoms with Crippen molar-refractivity contribution in [2.75, 3.05) is 18.2 Å². The molecule has 0 aromatic carbocycles. The van der Waals surface area contributed by atoms with Crippen LogP contribution in [0.1, 0.15) is 19.3 Å². The molecule has 1 aliphatic rings. The van der Waals surface area contributed by atoms with Crippen LogP contribution >= 0.6 is 0 Å². The minimum Gasteiger partial charge on any atom is -0.481 e. The summed E-state index contributed by atoms with van der Waals surface area (Å²) in [6, 6.07) is 0. The zero-order valence-electron chi connectivity index (χ0n) is 7.70. The second kappa shape index (κ2) is 3.84. The van der Waals surface area contributed by atoms with Gasteiger partial charge in [0.25, 0.3) is 0 Å². The second-order valence-electron chi connectivity index (χ2n) is 3.90. The molecule has 4 nitrogen and oxygen atoms in total. The van der Waals surface area contributed by atoms with E-state index in [1.165, 1.54) is 0 Å². The predicted octanol–water partition coefficient (Wildman–Crippen LogP) is 0.626. The Labute approximate surface area is 82.0 Å². The van der Waals surface area contributed by atoms with Crippen LogP contribution < -0.4 is 0 Å². The average molecular weight is 224 g/mol. The molecule has 1 aliphatic heterocycles. The van der Waals surface area contributed by atoms with Crippen LogP contribution in [0.2, 0.25) is 0 Å². The summed E-state index contributed by atoms with van der Waals surface area (Å²) in [6.45, 7) is -0.876. The molecule has 0 saturated carbocycles. The van der Waals surface area contributed by atoms with E-state index in [1.807, 2.05) is 0 Å². The standard InChI is InChI=1S/C8H13FO4S/c9-5-8(4-7(10)11)2-1-3-14(12,13)6-8/h1-6H2,(H,10,11). The number of sulfone groups is 1. The van der Waals surface area contributed by atoms with E-state index in [-0.39, 0.29) is 11.5 Å². The van der Waals surface area contributed by atoms with E-state index in [0.29, 0.717) is 12.8 Å². The van der Waals surface area contributed by atoms with Gasteiger partial charge in [0, 0.05) is 5.41 Å². The zero-order chi connectivity index (χ0) is 10.8. The maximum absolute atomic E-state index is 12.7. The van der Waals surface area contributed by atoms with E-state index in [0.717, 1.165) is 0 Å². The summed E-state index contributed by atoms with van der Waals surface area (Å²) in [5, 5.41) is 8.57. The van der Waals surface area contributed by atoms with Crippen LogP contribution in [0.25, 0.3) is 0 Å². The van der Waals surface area contributed by atoms with Crippen molar-refractivity contribution in [2.24, 2.45) is 5.41 Å². The molecule has 1 atom stereocenters. The number of hydrogen-bond donors (Lipinski definition) is 1. The summed E-state index contributed by atoms with van der Waals surface area (Å²) in [7, 11) is -3.25. The molecular formula is C8H13FO4S. The van der Waals surface area contributed by atoms with E-state index in [4.69, 9.17) is 5.11 Å². The number of carbonyl (C=O) groups is 1. The molecule has 6 heteroatoms. The molecule has 0 radical (unpaired) electrons. The van der Waals surface area contributed by atoms with Crippen molar-refractivity contribution >= 4 is 15.8 Å². The van der Waals surface area contributed by atoms with E-state index >= 15 is 0 Å². The van der Waals surface area contributed by atoms with Crippen molar-refractivity contribution in [1.82, 2.24) is 0 Å². The SMILES string of the molecule is O=C(O)CC1(CF)CCCS(=O)(=O)C1. The van der Waals surface area contributed by atoms with Crippen LogP contribution in [0.15, 0.2) is 0 Å². The Hall–Kier alpha value is -0.650. The predicted molar refractivity (Wildman–Crippen MR) is 48.5 cm³/mol. The first kappa shape index (κ1) is 11.4. The molecule has 0 aromatic rings. The van der Waals surface area contributed by atoms with Crippen LogP contribution in [-0.4, -0.2) is 37.7 Å². The van der Waals surface area contributed by atoms with E-state index < -0.39 is 34.3 Å². The summed E-state index contributed by atoms with van der Waals surface area (Å²) >= 11 is 0. The molecule has 1 fully saturated rings. The van der Waals surface area contributed by atoms with Crippen LogP contribution in [-0.2, 0) is 14.6 Å². The highest BCUT2D eigenvalue weighted by Gasteiger charge is 2.40. The van der Waals surface area contributed by atoms with Gasteiger partial charge in [-0.3, -0.25) is 9.18 Å². The molecule has 82 valence electrons. The number of hydrogen-bond acceptors (Lipinski definition) is 3. The van der Waals surface area contributed by atoms with Crippen molar-refractivity contribution in [3.63, 3.8) is 0 Å². The molecule has 1 unspecified atom stereocenters. The normalized spacial score (nSPS) is 31.2. The summed E-state index contributed by atoms with van der Waals surface area (Å²) < 4.78 is 35.2. The van der Waals surface area contributed by atoms with Gasteiger partial charge in [0.1, 0.15) is 0 Å². The first-order valence-electron chi connectivity index (χ1n) is 4.37. The molecule has 0 aliphatic carbocycles. The fraction of sp³-hybridized carbons (Fsp3) is 0.875. The van der Waals surface area contributed by atoms with Crippen molar-refractivity contribution in [3.8, 4) is 0 Å². The van der Waals surface area contributed by atoms with Crippen molar-refractivity contribution in [2.45, 2.75) is 19.3 Å². The highest BCUT2D eigenvalue weighted by molar-refractivity contribution is 7.91. The Morgan fingerprint density at radius 3 is 2.57 bits per heavy atom. The maximum Gasteiger partial charge on any atom is 0.304 e. The fourth-order valence-electron chi connectivity index (χ4n) is 1.89. The van der Waals surface area contributed by atoms with E-state index in [2.05, 4.69) is 0 Å². The molecule has 0 bridgehead atoms. The number of halogens is 1. The number of aliphatic carboxylic acids is 1. The van der Waals surface area contributed by atoms with Crippen molar-refractivity contribution in [1.29, 1.82) is 0 Å². The number of carboxylic acids is 1. The van der Waals surface area contributed by atoms with Gasteiger partial charge in [0.2, 0.25) is 0 Å². The van der Waals surface area contributed by atoms with Gasteiger partial charge in [-0.05, 0) is 12.8 Å². The van der Waals surface area contributed by atoms with Gasteiger partial charge in [-0.2, -0.15) is 0 Å². The number of alkyl halides is 1. The van der Waals surface area contributed by atoms with Gasteiger partial charge < -0.3 is 5.11 Å². The lowest BCUT2D eigenvalue weighted by atomic mass is 9.83. The third-order valence-electron chi connectivity index (χ3n) is 2.50. The minimum atomic E-state index is -3.25. The monoisotopic (exact) mass is 224 g/mol. The lowest BCUT2D eigenvalue weighted by Gasteiger charge is -2.32. The van der Waals surface area contributed by atoms with Gasteiger partial charge in [-0.25, -0.2) is 8.42 Å². The van der Waals surface area contributed by atoms with Crippen molar-refractivity contribution in [3.05, 3.63) is 0 Å². The molecular weight excluding hydrogens is 211 g/mol. The van der Waals surface area contributed by atoms with Gasteiger partial charge in [0.15, 0.2) is 9.84 Å². The molecule has 1 rings (SSSR count). The van der Waals surface area contributed by atoms with Crippen LogP contribution in [0.3, 0.4) is 0 Å². The summed E-state index contributed by atoms with van der Waals surface area (Å²) in [6.07, 6.45) is 0.303. The van der Waals surface area contributed by atoms with Gasteiger partial charge >= 0.3 is 5.97 Å². The van der Waals surface area contributed by atoms with Crippen molar-refractivity contribution < 1.29 is 22.7 Å². The summed E-state index contributed by atoms with van der Waals surface area (Å²) in [5.74, 6) is -1.42. The minimum absolute atomic E-state index is 0.0500. The van der Waals surface area contributed by atoms with Gasteiger partial charge in [-0.15, -0.1) is 0 Å². The molecule has 1 heterocycles. The third kappa shape index (κ3) is 2.67. The number of rotatable bonds is 3.